The molecule has 16 heteroatoms. The second kappa shape index (κ2) is 18.0. The van der Waals surface area contributed by atoms with Gasteiger partial charge in [-0.15, -0.1) is 0 Å². The summed E-state index contributed by atoms with van der Waals surface area (Å²) in [5.41, 5.74) is -4.69. The average molecular weight is 818 g/mol. The fourth-order valence-corrected chi connectivity index (χ4v) is 9.47. The molecule has 0 aromatic carbocycles. The number of aryl methyl sites for hydroxylation is 1. The van der Waals surface area contributed by atoms with Crippen LogP contribution in [-0.4, -0.2) is 140 Å². The lowest BCUT2D eigenvalue weighted by Gasteiger charge is -2.47. The zero-order valence-electron chi connectivity index (χ0n) is 36.0. The van der Waals surface area contributed by atoms with Gasteiger partial charge in [0.2, 0.25) is 0 Å². The van der Waals surface area contributed by atoms with Gasteiger partial charge in [0.05, 0.1) is 35.7 Å². The Hall–Kier alpha value is -3.57. The topological polar surface area (TPSA) is 172 Å². The van der Waals surface area contributed by atoms with Crippen molar-refractivity contribution in [1.29, 1.82) is 0 Å². The molecule has 13 atom stereocenters. The van der Waals surface area contributed by atoms with E-state index in [-0.39, 0.29) is 37.3 Å². The number of Topliss-reactive ketones (excluding diaryl/α,β-unsaturated/α-hetero) is 2. The van der Waals surface area contributed by atoms with Crippen LogP contribution in [0.3, 0.4) is 0 Å². The number of unbranched alkanes of at least 4 members (excludes halogenated alkanes) is 1. The molecule has 0 saturated carbocycles. The maximum atomic E-state index is 17.0. The van der Waals surface area contributed by atoms with Crippen LogP contribution < -0.4 is 0 Å². The fourth-order valence-electron chi connectivity index (χ4n) is 9.47. The number of carbonyl (C=O) groups excluding carboxylic acids is 4. The zero-order chi connectivity index (χ0) is 42.9. The molecule has 3 aliphatic heterocycles. The highest BCUT2D eigenvalue weighted by Crippen LogP contribution is 2.44. The molecule has 15 nitrogen and oxygen atoms in total. The minimum Gasteiger partial charge on any atom is -0.455 e. The lowest BCUT2D eigenvalue weighted by Crippen LogP contribution is -2.61. The van der Waals surface area contributed by atoms with E-state index >= 15 is 4.39 Å². The number of hydrogen-bond donors (Lipinski definition) is 1. The summed E-state index contributed by atoms with van der Waals surface area (Å²) in [5, 5.41) is 11.4. The first-order valence-electron chi connectivity index (χ1n) is 20.7. The van der Waals surface area contributed by atoms with Crippen molar-refractivity contribution in [3.8, 4) is 0 Å². The van der Waals surface area contributed by atoms with Crippen molar-refractivity contribution >= 4 is 34.8 Å². The fraction of sp³-hybridized carbons (Fsp3) is 0.762. The number of fused-ring (bicyclic) bond motifs is 2. The minimum absolute atomic E-state index is 0.00221. The van der Waals surface area contributed by atoms with E-state index in [1.165, 1.54) is 18.9 Å². The number of aliphatic hydroxyl groups excluding tert-OH is 1. The maximum absolute atomic E-state index is 17.0. The number of rotatable bonds is 11. The van der Waals surface area contributed by atoms with Crippen molar-refractivity contribution in [1.82, 2.24) is 24.3 Å². The number of methoxy groups -OCH3 is 1. The van der Waals surface area contributed by atoms with Gasteiger partial charge in [0.25, 0.3) is 5.67 Å². The van der Waals surface area contributed by atoms with Crippen molar-refractivity contribution in [3.63, 3.8) is 0 Å². The normalized spacial score (nSPS) is 38.1. The summed E-state index contributed by atoms with van der Waals surface area (Å²) >= 11 is 0. The number of carbonyl (C=O) groups is 4. The van der Waals surface area contributed by atoms with Gasteiger partial charge in [0.1, 0.15) is 18.0 Å². The summed E-state index contributed by atoms with van der Waals surface area (Å²) in [7, 11) is 5.06. The van der Waals surface area contributed by atoms with Crippen molar-refractivity contribution in [3.05, 3.63) is 24.7 Å². The molecular weight excluding hydrogens is 753 g/mol. The monoisotopic (exact) mass is 817 g/mol. The second-order valence-corrected chi connectivity index (χ2v) is 17.5. The Kier molecular flexibility index (Phi) is 14.1. The van der Waals surface area contributed by atoms with E-state index in [1.54, 1.807) is 40.2 Å². The standard InChI is InChI=1S/C42H64FN5O10/c1-12-16-30-42(8)33(48(39(53)58-42)20-14-13-19-47-23-45-36-28(47)17-15-18-44-36)26(4)31(49)24(2)22-40(6,54-11)35(27(5)34(51)41(7,43)38(52)56-30)57-37-32(50)29(46(9)10)21-25(3)55-37/h15,17-18,23-27,29-30,32-33,35,37,50H,12-14,16,19-22H2,1-11H3/t24-,25-,26+,27+,29+,30-,32-,33-,35-,37+,40-,41+,42-/m1/s1. The van der Waals surface area contributed by atoms with Gasteiger partial charge >= 0.3 is 12.1 Å². The van der Waals surface area contributed by atoms with Crippen LogP contribution in [0, 0.1) is 17.8 Å². The number of aliphatic hydroxyl groups is 1. The molecule has 0 aliphatic carbocycles. The third-order valence-electron chi connectivity index (χ3n) is 12.8. The van der Waals surface area contributed by atoms with Gasteiger partial charge in [0, 0.05) is 50.2 Å². The lowest BCUT2D eigenvalue weighted by atomic mass is 9.73. The largest absolute Gasteiger partial charge is 0.455 e. The summed E-state index contributed by atoms with van der Waals surface area (Å²) < 4.78 is 49.7. The number of aromatic nitrogens is 3. The zero-order valence-corrected chi connectivity index (χ0v) is 36.0. The Morgan fingerprint density at radius 2 is 1.72 bits per heavy atom. The molecule has 5 heterocycles. The van der Waals surface area contributed by atoms with Crippen LogP contribution in [0.2, 0.25) is 0 Å². The highest BCUT2D eigenvalue weighted by atomic mass is 19.1. The van der Waals surface area contributed by atoms with E-state index in [1.807, 2.05) is 49.5 Å². The van der Waals surface area contributed by atoms with Crippen molar-refractivity contribution < 1.29 is 52.4 Å². The van der Waals surface area contributed by atoms with Crippen molar-refractivity contribution in [2.24, 2.45) is 17.8 Å². The van der Waals surface area contributed by atoms with Crippen LogP contribution >= 0.6 is 0 Å². The van der Waals surface area contributed by atoms with Crippen LogP contribution in [0.5, 0.6) is 0 Å². The van der Waals surface area contributed by atoms with Crippen LogP contribution in [-0.2, 0) is 44.6 Å². The molecule has 0 unspecified atom stereocenters. The highest BCUT2D eigenvalue weighted by molar-refractivity contribution is 6.08. The molecule has 0 bridgehead atoms. The Labute approximate surface area is 341 Å². The molecule has 3 fully saturated rings. The summed E-state index contributed by atoms with van der Waals surface area (Å²) in [5.74, 6) is -5.75. The molecule has 2 aromatic rings. The van der Waals surface area contributed by atoms with Crippen LogP contribution in [0.1, 0.15) is 93.9 Å². The van der Waals surface area contributed by atoms with E-state index in [2.05, 4.69) is 9.97 Å². The predicted molar refractivity (Wildman–Crippen MR) is 211 cm³/mol. The second-order valence-electron chi connectivity index (χ2n) is 17.5. The quantitative estimate of drug-likeness (QED) is 0.185. The number of cyclic esters (lactones) is 1. The van der Waals surface area contributed by atoms with E-state index in [4.69, 9.17) is 23.7 Å². The third kappa shape index (κ3) is 8.81. The van der Waals surface area contributed by atoms with Crippen molar-refractivity contribution in [2.45, 2.75) is 160 Å². The number of pyridine rings is 1. The van der Waals surface area contributed by atoms with E-state index in [0.29, 0.717) is 37.9 Å². The number of halogens is 1. The number of esters is 1. The number of imidazole rings is 1. The first kappa shape index (κ1) is 45.5. The predicted octanol–water partition coefficient (Wildman–Crippen LogP) is 4.90. The van der Waals surface area contributed by atoms with Gasteiger partial charge in [-0.2, -0.15) is 0 Å². The Morgan fingerprint density at radius 1 is 1.03 bits per heavy atom. The first-order chi connectivity index (χ1) is 27.2. The van der Waals surface area contributed by atoms with Gasteiger partial charge in [-0.25, -0.2) is 23.9 Å². The lowest BCUT2D eigenvalue weighted by molar-refractivity contribution is -0.295. The molecule has 0 spiro atoms. The summed E-state index contributed by atoms with van der Waals surface area (Å²) in [4.78, 5) is 69.0. The van der Waals surface area contributed by atoms with E-state index in [9.17, 15) is 24.3 Å². The summed E-state index contributed by atoms with van der Waals surface area (Å²) in [6.45, 7) is 13.6. The number of ether oxygens (including phenoxy) is 5. The number of amides is 1. The number of alkyl halides is 1. The molecule has 0 radical (unpaired) electrons. The van der Waals surface area contributed by atoms with Crippen LogP contribution in [0.25, 0.3) is 11.2 Å². The SMILES string of the molecule is CCC[C@H]1OC(=O)[C@@](C)(F)C(=O)[C@H](C)[C@@H](O[C@@H]2O[C@H](C)C[C@H](N(C)C)[C@H]2O)[C@](C)(OC)C[C@@H](C)C(=O)[C@H](C)[C@H]2N(CCCCn3cnc4ncccc43)C(=O)O[C@]12C. The minimum atomic E-state index is -3.18. The Morgan fingerprint density at radius 3 is 2.38 bits per heavy atom. The first-order valence-corrected chi connectivity index (χ1v) is 20.7. The molecule has 324 valence electrons. The molecule has 3 saturated heterocycles. The third-order valence-corrected chi connectivity index (χ3v) is 12.8. The average Bonchev–Trinajstić information content (AvgIpc) is 3.71. The van der Waals surface area contributed by atoms with E-state index < -0.39 is 83.1 Å². The number of nitrogens with zero attached hydrogens (tertiary/aromatic N) is 5. The van der Waals surface area contributed by atoms with Gasteiger partial charge in [0.15, 0.2) is 23.3 Å². The highest BCUT2D eigenvalue weighted by Gasteiger charge is 2.62. The number of hydrogen-bond acceptors (Lipinski definition) is 13. The molecule has 1 amide bonds. The molecule has 58 heavy (non-hydrogen) atoms. The molecule has 5 rings (SSSR count). The van der Waals surface area contributed by atoms with Gasteiger partial charge in [-0.3, -0.25) is 9.59 Å². The maximum Gasteiger partial charge on any atom is 0.410 e. The van der Waals surface area contributed by atoms with Crippen LogP contribution in [0.15, 0.2) is 24.7 Å². The summed E-state index contributed by atoms with van der Waals surface area (Å²) in [6.07, 6.45) is -0.210. The molecular formula is C42H64FN5O10. The Balaban J connectivity index is 1.51. The van der Waals surface area contributed by atoms with Crippen molar-refractivity contribution in [2.75, 3.05) is 27.7 Å². The number of ketones is 2. The molecule has 1 N–H and O–H groups in total. The Bertz CT molecular complexity index is 1790. The van der Waals surface area contributed by atoms with Gasteiger partial charge in [-0.1, -0.05) is 34.1 Å². The number of likely N-dealkylation sites (N-methyl/N-ethyl adjacent to an activating group) is 1. The van der Waals surface area contributed by atoms with Crippen LogP contribution in [0.4, 0.5) is 9.18 Å². The van der Waals surface area contributed by atoms with Gasteiger partial charge < -0.3 is 43.2 Å². The van der Waals surface area contributed by atoms with E-state index in [0.717, 1.165) is 12.4 Å². The van der Waals surface area contributed by atoms with Gasteiger partial charge in [-0.05, 0) is 86.0 Å². The molecule has 3 aliphatic rings. The smallest absolute Gasteiger partial charge is 0.410 e. The summed E-state index contributed by atoms with van der Waals surface area (Å²) in [6, 6.07) is 2.50. The molecule has 2 aromatic heterocycles.